The molecule has 0 aromatic carbocycles. The number of amides is 1. The van der Waals surface area contributed by atoms with Crippen molar-refractivity contribution in [2.24, 2.45) is 0 Å². The second-order valence-electron chi connectivity index (χ2n) is 6.02. The first-order chi connectivity index (χ1) is 10.8. The molecule has 3 rings (SSSR count). The zero-order valence-electron chi connectivity index (χ0n) is 13.1. The standard InChI is InChI=1S/C15H19F3N4O/c1-3-21-4-5-22-11(9-21)8-20(2)14(23)12-6-10(15(16,17)18)7-19-13(12)22/h6-7,11H,3-5,8-9H2,1-2H3/t11-/m0/s1. The first kappa shape index (κ1) is 16.0. The van der Waals surface area contributed by atoms with Gasteiger partial charge in [-0.15, -0.1) is 0 Å². The summed E-state index contributed by atoms with van der Waals surface area (Å²) < 4.78 is 38.8. The maximum Gasteiger partial charge on any atom is 0.417 e. The highest BCUT2D eigenvalue weighted by Gasteiger charge is 2.38. The van der Waals surface area contributed by atoms with Crippen molar-refractivity contribution in [3.8, 4) is 0 Å². The average molecular weight is 328 g/mol. The van der Waals surface area contributed by atoms with E-state index in [1.165, 1.54) is 4.90 Å². The number of aromatic nitrogens is 1. The molecule has 2 aliphatic heterocycles. The zero-order valence-corrected chi connectivity index (χ0v) is 13.1. The summed E-state index contributed by atoms with van der Waals surface area (Å²) >= 11 is 0. The molecule has 0 bridgehead atoms. The molecule has 0 saturated carbocycles. The largest absolute Gasteiger partial charge is 0.417 e. The highest BCUT2D eigenvalue weighted by Crippen LogP contribution is 2.34. The third kappa shape index (κ3) is 2.87. The molecule has 0 unspecified atom stereocenters. The molecule has 3 heterocycles. The van der Waals surface area contributed by atoms with Crippen LogP contribution in [0, 0.1) is 0 Å². The van der Waals surface area contributed by atoms with Gasteiger partial charge in [0.15, 0.2) is 0 Å². The van der Waals surface area contributed by atoms with Crippen LogP contribution in [0.5, 0.6) is 0 Å². The molecule has 23 heavy (non-hydrogen) atoms. The molecule has 126 valence electrons. The second-order valence-corrected chi connectivity index (χ2v) is 6.02. The Kier molecular flexibility index (Phi) is 3.95. The summed E-state index contributed by atoms with van der Waals surface area (Å²) in [5, 5.41) is 0. The lowest BCUT2D eigenvalue weighted by Crippen LogP contribution is -2.56. The Balaban J connectivity index is 2.04. The molecule has 1 fully saturated rings. The molecule has 0 spiro atoms. The van der Waals surface area contributed by atoms with Crippen LogP contribution >= 0.6 is 0 Å². The van der Waals surface area contributed by atoms with Crippen molar-refractivity contribution in [2.45, 2.75) is 19.1 Å². The van der Waals surface area contributed by atoms with Crippen LogP contribution in [0.4, 0.5) is 19.0 Å². The lowest BCUT2D eigenvalue weighted by molar-refractivity contribution is -0.137. The number of carbonyl (C=O) groups excluding carboxylic acids is 1. The number of rotatable bonds is 1. The smallest absolute Gasteiger partial charge is 0.349 e. The van der Waals surface area contributed by atoms with Crippen LogP contribution in [0.2, 0.25) is 0 Å². The van der Waals surface area contributed by atoms with E-state index in [1.54, 1.807) is 7.05 Å². The van der Waals surface area contributed by atoms with Crippen LogP contribution in [0.15, 0.2) is 12.3 Å². The predicted molar refractivity (Wildman–Crippen MR) is 79.4 cm³/mol. The minimum atomic E-state index is -4.51. The van der Waals surface area contributed by atoms with Gasteiger partial charge in [-0.2, -0.15) is 13.2 Å². The molecule has 1 aromatic rings. The Morgan fingerprint density at radius 3 is 2.70 bits per heavy atom. The normalized spacial score (nSPS) is 22.7. The summed E-state index contributed by atoms with van der Waals surface area (Å²) in [6.45, 7) is 5.71. The van der Waals surface area contributed by atoms with E-state index < -0.39 is 17.6 Å². The number of anilines is 1. The topological polar surface area (TPSA) is 39.7 Å². The van der Waals surface area contributed by atoms with E-state index in [0.29, 0.717) is 18.9 Å². The Morgan fingerprint density at radius 1 is 1.30 bits per heavy atom. The van der Waals surface area contributed by atoms with Crippen LogP contribution in [-0.2, 0) is 6.18 Å². The Bertz CT molecular complexity index is 619. The van der Waals surface area contributed by atoms with Gasteiger partial charge in [0.05, 0.1) is 17.2 Å². The molecular formula is C15H19F3N4O. The molecule has 0 radical (unpaired) electrons. The number of alkyl halides is 3. The fourth-order valence-corrected chi connectivity index (χ4v) is 3.25. The van der Waals surface area contributed by atoms with Gasteiger partial charge in [-0.3, -0.25) is 9.69 Å². The van der Waals surface area contributed by atoms with Crippen LogP contribution in [0.3, 0.4) is 0 Å². The summed E-state index contributed by atoms with van der Waals surface area (Å²) in [6.07, 6.45) is -3.69. The summed E-state index contributed by atoms with van der Waals surface area (Å²) in [4.78, 5) is 22.2. The number of carbonyl (C=O) groups is 1. The SMILES string of the molecule is CCN1CCN2c3ncc(C(F)(F)F)cc3C(=O)N(C)C[C@H]2C1. The molecule has 0 N–H and O–H groups in total. The van der Waals surface area contributed by atoms with Gasteiger partial charge in [-0.1, -0.05) is 6.92 Å². The minimum Gasteiger partial charge on any atom is -0.349 e. The van der Waals surface area contributed by atoms with Crippen LogP contribution in [-0.4, -0.2) is 66.5 Å². The van der Waals surface area contributed by atoms with E-state index in [9.17, 15) is 18.0 Å². The summed E-state index contributed by atoms with van der Waals surface area (Å²) in [7, 11) is 1.63. The fourth-order valence-electron chi connectivity index (χ4n) is 3.25. The Labute approximate surface area is 132 Å². The van der Waals surface area contributed by atoms with Gasteiger partial charge >= 0.3 is 6.18 Å². The number of nitrogens with zero attached hydrogens (tertiary/aromatic N) is 4. The lowest BCUT2D eigenvalue weighted by Gasteiger charge is -2.41. The lowest BCUT2D eigenvalue weighted by atomic mass is 10.1. The second kappa shape index (κ2) is 5.67. The average Bonchev–Trinajstić information content (AvgIpc) is 2.61. The van der Waals surface area contributed by atoms with Crippen LogP contribution in [0.25, 0.3) is 0 Å². The van der Waals surface area contributed by atoms with E-state index in [1.807, 2.05) is 4.90 Å². The number of likely N-dealkylation sites (N-methyl/N-ethyl adjacent to an activating group) is 2. The van der Waals surface area contributed by atoms with Gasteiger partial charge < -0.3 is 9.80 Å². The quantitative estimate of drug-likeness (QED) is 0.787. The third-order valence-electron chi connectivity index (χ3n) is 4.54. The summed E-state index contributed by atoms with van der Waals surface area (Å²) in [5.74, 6) is -0.0378. The van der Waals surface area contributed by atoms with Crippen molar-refractivity contribution in [2.75, 3.05) is 44.7 Å². The van der Waals surface area contributed by atoms with Gasteiger partial charge in [0.25, 0.3) is 5.91 Å². The van der Waals surface area contributed by atoms with Gasteiger partial charge in [-0.25, -0.2) is 4.98 Å². The predicted octanol–water partition coefficient (Wildman–Crippen LogP) is 1.70. The van der Waals surface area contributed by atoms with Gasteiger partial charge in [-0.05, 0) is 12.6 Å². The molecule has 1 atom stereocenters. The van der Waals surface area contributed by atoms with Gasteiger partial charge in [0.1, 0.15) is 5.82 Å². The van der Waals surface area contributed by atoms with Crippen LogP contribution in [0.1, 0.15) is 22.8 Å². The van der Waals surface area contributed by atoms with Crippen molar-refractivity contribution in [1.29, 1.82) is 0 Å². The molecule has 1 amide bonds. The van der Waals surface area contributed by atoms with Crippen molar-refractivity contribution in [3.05, 3.63) is 23.4 Å². The first-order valence-corrected chi connectivity index (χ1v) is 7.63. The van der Waals surface area contributed by atoms with E-state index in [0.717, 1.165) is 31.9 Å². The van der Waals surface area contributed by atoms with Crippen LogP contribution < -0.4 is 4.90 Å². The fraction of sp³-hybridized carbons (Fsp3) is 0.600. The minimum absolute atomic E-state index is 0.0368. The monoisotopic (exact) mass is 328 g/mol. The molecule has 2 aliphatic rings. The van der Waals surface area contributed by atoms with E-state index in [4.69, 9.17) is 0 Å². The van der Waals surface area contributed by atoms with Crippen molar-refractivity contribution in [1.82, 2.24) is 14.8 Å². The van der Waals surface area contributed by atoms with Gasteiger partial charge in [0.2, 0.25) is 0 Å². The van der Waals surface area contributed by atoms with Crippen molar-refractivity contribution < 1.29 is 18.0 Å². The third-order valence-corrected chi connectivity index (χ3v) is 4.54. The number of hydrogen-bond donors (Lipinski definition) is 0. The number of hydrogen-bond acceptors (Lipinski definition) is 4. The van der Waals surface area contributed by atoms with E-state index in [-0.39, 0.29) is 11.6 Å². The highest BCUT2D eigenvalue weighted by molar-refractivity contribution is 5.99. The van der Waals surface area contributed by atoms with E-state index in [2.05, 4.69) is 16.8 Å². The number of halogens is 3. The summed E-state index contributed by atoms with van der Waals surface area (Å²) in [5.41, 5.74) is -0.849. The van der Waals surface area contributed by atoms with Gasteiger partial charge in [0, 0.05) is 39.4 Å². The number of piperazine rings is 1. The van der Waals surface area contributed by atoms with E-state index >= 15 is 0 Å². The maximum atomic E-state index is 12.9. The molecule has 1 saturated heterocycles. The Morgan fingerprint density at radius 2 is 2.04 bits per heavy atom. The van der Waals surface area contributed by atoms with Crippen molar-refractivity contribution >= 4 is 11.7 Å². The molecule has 0 aliphatic carbocycles. The molecule has 5 nitrogen and oxygen atoms in total. The summed E-state index contributed by atoms with van der Waals surface area (Å²) in [6, 6.07) is 0.971. The zero-order chi connectivity index (χ0) is 16.8. The molecular weight excluding hydrogens is 309 g/mol. The number of fused-ring (bicyclic) bond motifs is 3. The maximum absolute atomic E-state index is 12.9. The number of pyridine rings is 1. The Hall–Kier alpha value is -1.83. The van der Waals surface area contributed by atoms with Crippen molar-refractivity contribution in [3.63, 3.8) is 0 Å². The molecule has 1 aromatic heterocycles. The molecule has 8 heteroatoms. The first-order valence-electron chi connectivity index (χ1n) is 7.63. The highest BCUT2D eigenvalue weighted by atomic mass is 19.4.